The van der Waals surface area contributed by atoms with Crippen LogP contribution >= 0.6 is 15.9 Å². The minimum absolute atomic E-state index is 0.0420. The molecule has 0 saturated carbocycles. The fourth-order valence-electron chi connectivity index (χ4n) is 1.34. The molecule has 0 spiro atoms. The zero-order valence-corrected chi connectivity index (χ0v) is 10.6. The predicted octanol–water partition coefficient (Wildman–Crippen LogP) is 1.53. The number of aromatic nitrogens is 2. The summed E-state index contributed by atoms with van der Waals surface area (Å²) in [5.41, 5.74) is 5.38. The smallest absolute Gasteiger partial charge is 0.0632 e. The Labute approximate surface area is 98.6 Å². The number of halogens is 1. The Morgan fingerprint density at radius 3 is 2.87 bits per heavy atom. The van der Waals surface area contributed by atoms with E-state index in [9.17, 15) is 0 Å². The van der Waals surface area contributed by atoms with E-state index >= 15 is 0 Å². The van der Waals surface area contributed by atoms with Crippen LogP contribution in [0.15, 0.2) is 16.9 Å². The van der Waals surface area contributed by atoms with E-state index in [1.807, 2.05) is 17.8 Å². The Kier molecular flexibility index (Phi) is 4.76. The molecule has 0 bridgehead atoms. The second-order valence-corrected chi connectivity index (χ2v) is 5.11. The van der Waals surface area contributed by atoms with Crippen LogP contribution < -0.4 is 5.73 Å². The van der Waals surface area contributed by atoms with E-state index < -0.39 is 5.54 Å². The second kappa shape index (κ2) is 5.63. The number of nitrogens with two attached hydrogens (primary N) is 1. The summed E-state index contributed by atoms with van der Waals surface area (Å²) in [6.07, 6.45) is 6.60. The second-order valence-electron chi connectivity index (χ2n) is 4.19. The zero-order valence-electron chi connectivity index (χ0n) is 8.99. The quantitative estimate of drug-likeness (QED) is 0.774. The van der Waals surface area contributed by atoms with E-state index in [2.05, 4.69) is 21.0 Å². The third kappa shape index (κ3) is 4.77. The van der Waals surface area contributed by atoms with Gasteiger partial charge in [-0.25, -0.2) is 0 Å². The van der Waals surface area contributed by atoms with E-state index in [-0.39, 0.29) is 6.61 Å². The maximum Gasteiger partial charge on any atom is 0.0632 e. The van der Waals surface area contributed by atoms with E-state index in [0.29, 0.717) is 0 Å². The summed E-state index contributed by atoms with van der Waals surface area (Å²) in [6, 6.07) is 0. The average molecular weight is 276 g/mol. The molecule has 1 aromatic heterocycles. The molecule has 0 aliphatic heterocycles. The van der Waals surface area contributed by atoms with E-state index in [1.165, 1.54) is 0 Å². The lowest BCUT2D eigenvalue weighted by Gasteiger charge is -2.21. The fourth-order valence-corrected chi connectivity index (χ4v) is 1.67. The molecule has 0 aliphatic rings. The molecule has 0 amide bonds. The van der Waals surface area contributed by atoms with Crippen LogP contribution in [0.1, 0.15) is 26.2 Å². The topological polar surface area (TPSA) is 64.1 Å². The standard InChI is InChI=1S/C10H18BrN3O/c1-10(12,8-15)4-2-3-5-14-7-9(11)6-13-14/h6-7,15H,2-5,8,12H2,1H3. The van der Waals surface area contributed by atoms with E-state index in [4.69, 9.17) is 10.8 Å². The number of hydrogen-bond donors (Lipinski definition) is 2. The van der Waals surface area contributed by atoms with Gasteiger partial charge in [-0.3, -0.25) is 4.68 Å². The zero-order chi connectivity index (χ0) is 11.3. The van der Waals surface area contributed by atoms with Crippen molar-refractivity contribution in [3.05, 3.63) is 16.9 Å². The molecule has 1 unspecified atom stereocenters. The summed E-state index contributed by atoms with van der Waals surface area (Å²) < 4.78 is 2.90. The van der Waals surface area contributed by atoms with Crippen molar-refractivity contribution in [1.29, 1.82) is 0 Å². The van der Waals surface area contributed by atoms with Gasteiger partial charge in [-0.1, -0.05) is 0 Å². The number of aliphatic hydroxyl groups is 1. The summed E-state index contributed by atoms with van der Waals surface area (Å²) >= 11 is 3.35. The Bertz CT molecular complexity index is 299. The Morgan fingerprint density at radius 1 is 1.60 bits per heavy atom. The molecular formula is C10H18BrN3O. The van der Waals surface area contributed by atoms with Crippen LogP contribution in [-0.4, -0.2) is 27.0 Å². The van der Waals surface area contributed by atoms with Gasteiger partial charge in [0.2, 0.25) is 0 Å². The summed E-state index contributed by atoms with van der Waals surface area (Å²) in [5, 5.41) is 13.1. The third-order valence-electron chi connectivity index (χ3n) is 2.35. The van der Waals surface area contributed by atoms with Crippen LogP contribution in [0.25, 0.3) is 0 Å². The third-order valence-corrected chi connectivity index (χ3v) is 2.76. The van der Waals surface area contributed by atoms with Crippen LogP contribution in [-0.2, 0) is 6.54 Å². The molecule has 0 aromatic carbocycles. The first-order valence-electron chi connectivity index (χ1n) is 5.11. The SMILES string of the molecule is CC(N)(CO)CCCCn1cc(Br)cn1. The van der Waals surface area contributed by atoms with Crippen molar-refractivity contribution in [2.24, 2.45) is 5.73 Å². The van der Waals surface area contributed by atoms with Crippen LogP contribution in [0.4, 0.5) is 0 Å². The molecule has 0 radical (unpaired) electrons. The van der Waals surface area contributed by atoms with Crippen molar-refractivity contribution in [2.45, 2.75) is 38.3 Å². The number of rotatable bonds is 6. The van der Waals surface area contributed by atoms with Gasteiger partial charge in [0, 0.05) is 18.3 Å². The van der Waals surface area contributed by atoms with E-state index in [0.717, 1.165) is 30.3 Å². The summed E-state index contributed by atoms with van der Waals surface area (Å²) in [5.74, 6) is 0. The Balaban J connectivity index is 2.17. The van der Waals surface area contributed by atoms with Crippen molar-refractivity contribution < 1.29 is 5.11 Å². The van der Waals surface area contributed by atoms with Crippen LogP contribution in [0, 0.1) is 0 Å². The Morgan fingerprint density at radius 2 is 2.33 bits per heavy atom. The molecule has 5 heteroatoms. The van der Waals surface area contributed by atoms with Gasteiger partial charge in [-0.2, -0.15) is 5.10 Å². The number of aryl methyl sites for hydroxylation is 1. The van der Waals surface area contributed by atoms with Gasteiger partial charge in [0.25, 0.3) is 0 Å². The normalized spacial score (nSPS) is 15.2. The van der Waals surface area contributed by atoms with Crippen molar-refractivity contribution in [1.82, 2.24) is 9.78 Å². The van der Waals surface area contributed by atoms with Crippen LogP contribution in [0.5, 0.6) is 0 Å². The first-order valence-corrected chi connectivity index (χ1v) is 5.90. The highest BCUT2D eigenvalue weighted by Crippen LogP contribution is 2.11. The Hall–Kier alpha value is -0.390. The molecule has 1 rings (SSSR count). The van der Waals surface area contributed by atoms with Gasteiger partial charge in [0.15, 0.2) is 0 Å². The van der Waals surface area contributed by atoms with Crippen molar-refractivity contribution in [3.8, 4) is 0 Å². The van der Waals surface area contributed by atoms with E-state index in [1.54, 1.807) is 6.20 Å². The monoisotopic (exact) mass is 275 g/mol. The number of aliphatic hydroxyl groups excluding tert-OH is 1. The van der Waals surface area contributed by atoms with Gasteiger partial charge in [-0.05, 0) is 42.1 Å². The maximum atomic E-state index is 8.96. The van der Waals surface area contributed by atoms with Crippen LogP contribution in [0.2, 0.25) is 0 Å². The van der Waals surface area contributed by atoms with Gasteiger partial charge >= 0.3 is 0 Å². The summed E-state index contributed by atoms with van der Waals surface area (Å²) in [4.78, 5) is 0. The highest BCUT2D eigenvalue weighted by Gasteiger charge is 2.15. The minimum Gasteiger partial charge on any atom is -0.394 e. The lowest BCUT2D eigenvalue weighted by Crippen LogP contribution is -2.39. The van der Waals surface area contributed by atoms with Crippen molar-refractivity contribution in [2.75, 3.05) is 6.61 Å². The molecule has 0 saturated heterocycles. The minimum atomic E-state index is -0.440. The highest BCUT2D eigenvalue weighted by atomic mass is 79.9. The molecule has 1 aromatic rings. The highest BCUT2D eigenvalue weighted by molar-refractivity contribution is 9.10. The molecule has 4 nitrogen and oxygen atoms in total. The molecule has 1 atom stereocenters. The predicted molar refractivity (Wildman–Crippen MR) is 63.5 cm³/mol. The number of nitrogens with zero attached hydrogens (tertiary/aromatic N) is 2. The van der Waals surface area contributed by atoms with Crippen LogP contribution in [0.3, 0.4) is 0 Å². The molecule has 0 aliphatic carbocycles. The van der Waals surface area contributed by atoms with Gasteiger partial charge in [0.1, 0.15) is 0 Å². The first kappa shape index (κ1) is 12.7. The largest absolute Gasteiger partial charge is 0.394 e. The molecule has 0 fully saturated rings. The molecular weight excluding hydrogens is 258 g/mol. The maximum absolute atomic E-state index is 8.96. The molecule has 86 valence electrons. The van der Waals surface area contributed by atoms with Crippen molar-refractivity contribution >= 4 is 15.9 Å². The molecule has 1 heterocycles. The average Bonchev–Trinajstić information content (AvgIpc) is 2.59. The van der Waals surface area contributed by atoms with Gasteiger partial charge in [0.05, 0.1) is 17.3 Å². The lowest BCUT2D eigenvalue weighted by molar-refractivity contribution is 0.197. The molecule has 3 N–H and O–H groups in total. The van der Waals surface area contributed by atoms with Crippen molar-refractivity contribution in [3.63, 3.8) is 0 Å². The lowest BCUT2D eigenvalue weighted by atomic mass is 9.97. The number of unbranched alkanes of at least 4 members (excludes halogenated alkanes) is 1. The molecule has 15 heavy (non-hydrogen) atoms. The fraction of sp³-hybridized carbons (Fsp3) is 0.700. The summed E-state index contributed by atoms with van der Waals surface area (Å²) in [7, 11) is 0. The van der Waals surface area contributed by atoms with Gasteiger partial charge in [-0.15, -0.1) is 0 Å². The number of hydrogen-bond acceptors (Lipinski definition) is 3. The first-order chi connectivity index (χ1) is 7.03. The summed E-state index contributed by atoms with van der Waals surface area (Å²) in [6.45, 7) is 2.81. The van der Waals surface area contributed by atoms with Gasteiger partial charge < -0.3 is 10.8 Å².